The van der Waals surface area contributed by atoms with Crippen molar-refractivity contribution >= 4 is 31.4 Å². The monoisotopic (exact) mass is 327 g/mol. The second-order valence-corrected chi connectivity index (χ2v) is 7.86. The van der Waals surface area contributed by atoms with E-state index in [1.807, 2.05) is 0 Å². The third kappa shape index (κ3) is 3.78. The van der Waals surface area contributed by atoms with Gasteiger partial charge in [0.15, 0.2) is 15.7 Å². The molecule has 0 saturated carbocycles. The van der Waals surface area contributed by atoms with Crippen molar-refractivity contribution in [3.8, 4) is 0 Å². The first-order chi connectivity index (χ1) is 9.68. The van der Waals surface area contributed by atoms with Crippen LogP contribution in [0.5, 0.6) is 0 Å². The van der Waals surface area contributed by atoms with Crippen molar-refractivity contribution in [1.82, 2.24) is 4.98 Å². The molecule has 0 atom stereocenters. The Morgan fingerprint density at radius 3 is 2.19 bits per heavy atom. The summed E-state index contributed by atoms with van der Waals surface area (Å²) in [5, 5.41) is 7.90. The fourth-order valence-corrected chi connectivity index (χ4v) is 2.91. The van der Waals surface area contributed by atoms with Crippen molar-refractivity contribution in [3.63, 3.8) is 0 Å². The first kappa shape index (κ1) is 15.4. The van der Waals surface area contributed by atoms with Crippen LogP contribution in [0.1, 0.15) is 0 Å². The minimum absolute atomic E-state index is 0.0760. The molecule has 3 N–H and O–H groups in total. The minimum Gasteiger partial charge on any atom is -0.339 e. The summed E-state index contributed by atoms with van der Waals surface area (Å²) in [5.74, 6) is 0.0760. The number of nitrogens with zero attached hydrogens (tertiary/aromatic N) is 1. The Morgan fingerprint density at radius 1 is 1.05 bits per heavy atom. The van der Waals surface area contributed by atoms with Crippen LogP contribution in [-0.4, -0.2) is 28.1 Å². The minimum atomic E-state index is -3.91. The maximum Gasteiger partial charge on any atom is 0.241 e. The molecular formula is C12H13N3O4S2. The quantitative estimate of drug-likeness (QED) is 0.860. The van der Waals surface area contributed by atoms with Crippen molar-refractivity contribution in [2.24, 2.45) is 5.14 Å². The van der Waals surface area contributed by atoms with E-state index in [2.05, 4.69) is 10.3 Å². The highest BCUT2D eigenvalue weighted by Crippen LogP contribution is 2.22. The van der Waals surface area contributed by atoms with E-state index in [1.165, 1.54) is 42.6 Å². The van der Waals surface area contributed by atoms with Gasteiger partial charge in [-0.3, -0.25) is 0 Å². The second-order valence-electron chi connectivity index (χ2n) is 4.32. The molecule has 0 aliphatic carbocycles. The SMILES string of the molecule is CS(=O)(=O)c1ccc(Nc2ncccc2S(N)(=O)=O)cc1. The molecule has 0 aliphatic rings. The molecule has 9 heteroatoms. The number of aromatic nitrogens is 1. The number of pyridine rings is 1. The van der Waals surface area contributed by atoms with Crippen LogP contribution in [0.4, 0.5) is 11.5 Å². The van der Waals surface area contributed by atoms with E-state index in [0.29, 0.717) is 5.69 Å². The lowest BCUT2D eigenvalue weighted by molar-refractivity contribution is 0.597. The normalized spacial score (nSPS) is 12.1. The molecule has 21 heavy (non-hydrogen) atoms. The van der Waals surface area contributed by atoms with Gasteiger partial charge in [-0.05, 0) is 36.4 Å². The Kier molecular flexibility index (Phi) is 3.99. The molecule has 112 valence electrons. The van der Waals surface area contributed by atoms with Crippen molar-refractivity contribution in [1.29, 1.82) is 0 Å². The van der Waals surface area contributed by atoms with Gasteiger partial charge in [-0.25, -0.2) is 27.0 Å². The molecule has 1 aromatic carbocycles. The predicted molar refractivity (Wildman–Crippen MR) is 78.4 cm³/mol. The molecule has 2 aromatic rings. The van der Waals surface area contributed by atoms with Gasteiger partial charge >= 0.3 is 0 Å². The number of nitrogens with two attached hydrogens (primary N) is 1. The highest BCUT2D eigenvalue weighted by atomic mass is 32.2. The molecule has 0 saturated heterocycles. The first-order valence-corrected chi connectivity index (χ1v) is 9.17. The molecule has 0 bridgehead atoms. The van der Waals surface area contributed by atoms with Crippen LogP contribution in [0.25, 0.3) is 0 Å². The standard InChI is InChI=1S/C12H13N3O4S2/c1-20(16,17)10-6-4-9(5-7-10)15-12-11(21(13,18)19)3-2-8-14-12/h2-8H,1H3,(H,14,15)(H2,13,18,19). The van der Waals surface area contributed by atoms with Gasteiger partial charge < -0.3 is 5.32 Å². The summed E-state index contributed by atoms with van der Waals surface area (Å²) < 4.78 is 45.6. The van der Waals surface area contributed by atoms with Gasteiger partial charge in [-0.1, -0.05) is 0 Å². The highest BCUT2D eigenvalue weighted by Gasteiger charge is 2.15. The summed E-state index contributed by atoms with van der Waals surface area (Å²) in [4.78, 5) is 3.95. The van der Waals surface area contributed by atoms with Gasteiger partial charge in [0.05, 0.1) is 4.90 Å². The van der Waals surface area contributed by atoms with E-state index in [0.717, 1.165) is 6.26 Å². The summed E-state index contributed by atoms with van der Waals surface area (Å²) >= 11 is 0. The summed E-state index contributed by atoms with van der Waals surface area (Å²) in [7, 11) is -7.19. The first-order valence-electron chi connectivity index (χ1n) is 5.73. The number of rotatable bonds is 4. The smallest absolute Gasteiger partial charge is 0.241 e. The lowest BCUT2D eigenvalue weighted by Crippen LogP contribution is -2.14. The van der Waals surface area contributed by atoms with Gasteiger partial charge in [0.2, 0.25) is 10.0 Å². The number of nitrogens with one attached hydrogen (secondary N) is 1. The number of hydrogen-bond acceptors (Lipinski definition) is 6. The highest BCUT2D eigenvalue weighted by molar-refractivity contribution is 7.90. The van der Waals surface area contributed by atoms with E-state index in [-0.39, 0.29) is 15.6 Å². The zero-order valence-electron chi connectivity index (χ0n) is 11.0. The zero-order chi connectivity index (χ0) is 15.7. The molecule has 0 radical (unpaired) electrons. The fourth-order valence-electron chi connectivity index (χ4n) is 1.64. The number of benzene rings is 1. The van der Waals surface area contributed by atoms with E-state index < -0.39 is 19.9 Å². The molecule has 7 nitrogen and oxygen atoms in total. The van der Waals surface area contributed by atoms with E-state index in [4.69, 9.17) is 5.14 Å². The van der Waals surface area contributed by atoms with Crippen LogP contribution < -0.4 is 10.5 Å². The molecule has 0 fully saturated rings. The van der Waals surface area contributed by atoms with Gasteiger partial charge in [0.25, 0.3) is 0 Å². The molecule has 2 rings (SSSR count). The number of primary sulfonamides is 1. The Morgan fingerprint density at radius 2 is 1.67 bits per heavy atom. The van der Waals surface area contributed by atoms with Crippen LogP contribution in [0.2, 0.25) is 0 Å². The molecule has 1 aromatic heterocycles. The van der Waals surface area contributed by atoms with E-state index in [9.17, 15) is 16.8 Å². The van der Waals surface area contributed by atoms with Crippen LogP contribution >= 0.6 is 0 Å². The van der Waals surface area contributed by atoms with E-state index >= 15 is 0 Å². The lowest BCUT2D eigenvalue weighted by atomic mass is 10.3. The van der Waals surface area contributed by atoms with Gasteiger partial charge in [-0.2, -0.15) is 0 Å². The number of sulfone groups is 1. The largest absolute Gasteiger partial charge is 0.339 e. The molecular weight excluding hydrogens is 314 g/mol. The topological polar surface area (TPSA) is 119 Å². The van der Waals surface area contributed by atoms with Crippen LogP contribution in [-0.2, 0) is 19.9 Å². The van der Waals surface area contributed by atoms with Crippen molar-refractivity contribution in [3.05, 3.63) is 42.6 Å². The zero-order valence-corrected chi connectivity index (χ0v) is 12.6. The fraction of sp³-hybridized carbons (Fsp3) is 0.0833. The third-order valence-corrected chi connectivity index (χ3v) is 4.69. The predicted octanol–water partition coefficient (Wildman–Crippen LogP) is 0.876. The van der Waals surface area contributed by atoms with E-state index in [1.54, 1.807) is 0 Å². The Hall–Kier alpha value is -1.97. The van der Waals surface area contributed by atoms with Crippen molar-refractivity contribution in [2.45, 2.75) is 9.79 Å². The van der Waals surface area contributed by atoms with Gasteiger partial charge in [0.1, 0.15) is 4.90 Å². The third-order valence-electron chi connectivity index (χ3n) is 2.62. The maximum absolute atomic E-state index is 11.4. The molecule has 0 amide bonds. The Balaban J connectivity index is 2.36. The van der Waals surface area contributed by atoms with Crippen LogP contribution in [0.15, 0.2) is 52.4 Å². The average molecular weight is 327 g/mol. The van der Waals surface area contributed by atoms with Crippen LogP contribution in [0, 0.1) is 0 Å². The van der Waals surface area contributed by atoms with Crippen LogP contribution in [0.3, 0.4) is 0 Å². The average Bonchev–Trinajstić information content (AvgIpc) is 2.37. The lowest BCUT2D eigenvalue weighted by Gasteiger charge is -2.09. The Labute approximate surface area is 122 Å². The number of hydrogen-bond donors (Lipinski definition) is 2. The van der Waals surface area contributed by atoms with Gasteiger partial charge in [0, 0.05) is 18.1 Å². The Bertz CT molecular complexity index is 860. The summed E-state index contributed by atoms with van der Waals surface area (Å²) in [5.41, 5.74) is 0.492. The molecule has 0 aliphatic heterocycles. The van der Waals surface area contributed by atoms with Crippen molar-refractivity contribution in [2.75, 3.05) is 11.6 Å². The summed E-state index contributed by atoms with van der Waals surface area (Å²) in [6.07, 6.45) is 2.52. The summed E-state index contributed by atoms with van der Waals surface area (Å²) in [6, 6.07) is 8.64. The molecule has 1 heterocycles. The molecule has 0 spiro atoms. The maximum atomic E-state index is 11.4. The second kappa shape index (κ2) is 5.43. The number of sulfonamides is 1. The summed E-state index contributed by atoms with van der Waals surface area (Å²) in [6.45, 7) is 0. The van der Waals surface area contributed by atoms with Gasteiger partial charge in [-0.15, -0.1) is 0 Å². The molecule has 0 unspecified atom stereocenters. The van der Waals surface area contributed by atoms with Crippen molar-refractivity contribution < 1.29 is 16.8 Å². The number of anilines is 2.